The van der Waals surface area contributed by atoms with Crippen LogP contribution in [0, 0.1) is 5.82 Å². The largest absolute Gasteiger partial charge is 0.322 e. The Labute approximate surface area is 158 Å². The number of aromatic nitrogens is 1. The zero-order chi connectivity index (χ0) is 18.7. The van der Waals surface area contributed by atoms with Crippen LogP contribution in [0.2, 0.25) is 5.02 Å². The maximum absolute atomic E-state index is 14.0. The van der Waals surface area contributed by atoms with Gasteiger partial charge in [0.15, 0.2) is 10.9 Å². The first-order valence-corrected chi connectivity index (χ1v) is 9.13. The number of amides is 2. The van der Waals surface area contributed by atoms with Crippen molar-refractivity contribution in [1.29, 1.82) is 0 Å². The minimum Gasteiger partial charge on any atom is -0.322 e. The summed E-state index contributed by atoms with van der Waals surface area (Å²) in [6.07, 6.45) is 1.19. The van der Waals surface area contributed by atoms with Crippen molar-refractivity contribution >= 4 is 55.8 Å². The molecule has 3 aromatic rings. The molecule has 26 heavy (non-hydrogen) atoms. The zero-order valence-electron chi connectivity index (χ0n) is 13.8. The lowest BCUT2D eigenvalue weighted by molar-refractivity contribution is -0.116. The average Bonchev–Trinajstić information content (AvgIpc) is 2.98. The smallest absolute Gasteiger partial charge is 0.258 e. The van der Waals surface area contributed by atoms with E-state index in [1.807, 2.05) is 6.92 Å². The number of carbonyl (C=O) groups is 2. The van der Waals surface area contributed by atoms with Crippen LogP contribution in [0.4, 0.5) is 15.2 Å². The Hall–Kier alpha value is -2.51. The van der Waals surface area contributed by atoms with Crippen LogP contribution in [0.5, 0.6) is 0 Å². The lowest BCUT2D eigenvalue weighted by atomic mass is 10.2. The molecule has 1 heterocycles. The van der Waals surface area contributed by atoms with Crippen molar-refractivity contribution in [2.45, 2.75) is 19.8 Å². The fourth-order valence-corrected chi connectivity index (χ4v) is 3.44. The van der Waals surface area contributed by atoms with Crippen molar-refractivity contribution in [3.05, 3.63) is 52.8 Å². The molecule has 2 N–H and O–H groups in total. The van der Waals surface area contributed by atoms with Gasteiger partial charge >= 0.3 is 0 Å². The lowest BCUT2D eigenvalue weighted by Gasteiger charge is -2.06. The molecule has 0 fully saturated rings. The molecule has 3 rings (SSSR count). The molecule has 0 aliphatic heterocycles. The van der Waals surface area contributed by atoms with Gasteiger partial charge in [-0.25, -0.2) is 9.37 Å². The number of thiazole rings is 1. The van der Waals surface area contributed by atoms with E-state index in [4.69, 9.17) is 11.6 Å². The number of hydrogen-bond donors (Lipinski definition) is 2. The van der Waals surface area contributed by atoms with Gasteiger partial charge in [0.25, 0.3) is 5.91 Å². The van der Waals surface area contributed by atoms with Crippen LogP contribution in [0.15, 0.2) is 36.4 Å². The molecule has 2 amide bonds. The molecule has 0 unspecified atom stereocenters. The summed E-state index contributed by atoms with van der Waals surface area (Å²) in [5, 5.41) is 5.79. The van der Waals surface area contributed by atoms with E-state index in [2.05, 4.69) is 15.6 Å². The van der Waals surface area contributed by atoms with Gasteiger partial charge in [-0.1, -0.05) is 35.9 Å². The van der Waals surface area contributed by atoms with Crippen molar-refractivity contribution in [3.63, 3.8) is 0 Å². The number of rotatable bonds is 5. The average molecular weight is 392 g/mol. The molecule has 1 aromatic heterocycles. The summed E-state index contributed by atoms with van der Waals surface area (Å²) in [6.45, 7) is 1.93. The maximum Gasteiger partial charge on any atom is 0.258 e. The van der Waals surface area contributed by atoms with Gasteiger partial charge in [-0.05, 0) is 36.8 Å². The summed E-state index contributed by atoms with van der Waals surface area (Å²) in [4.78, 5) is 28.3. The van der Waals surface area contributed by atoms with Gasteiger partial charge < -0.3 is 10.6 Å². The summed E-state index contributed by atoms with van der Waals surface area (Å²) in [5.41, 5.74) is 1.07. The Morgan fingerprint density at radius 3 is 2.81 bits per heavy atom. The molecular formula is C18H15ClFN3O2S. The van der Waals surface area contributed by atoms with Crippen LogP contribution in [0.3, 0.4) is 0 Å². The van der Waals surface area contributed by atoms with E-state index in [0.717, 1.165) is 11.1 Å². The summed E-state index contributed by atoms with van der Waals surface area (Å²) in [7, 11) is 0. The predicted molar refractivity (Wildman–Crippen MR) is 103 cm³/mol. The number of anilines is 2. The summed E-state index contributed by atoms with van der Waals surface area (Å²) >= 11 is 7.01. The molecular weight excluding hydrogens is 377 g/mol. The third kappa shape index (κ3) is 4.00. The maximum atomic E-state index is 14.0. The molecule has 5 nitrogen and oxygen atoms in total. The van der Waals surface area contributed by atoms with E-state index in [-0.39, 0.29) is 16.5 Å². The monoisotopic (exact) mass is 391 g/mol. The number of halogens is 2. The highest BCUT2D eigenvalue weighted by molar-refractivity contribution is 7.22. The number of nitrogens with zero attached hydrogens (tertiary/aromatic N) is 1. The Balaban J connectivity index is 1.79. The molecule has 0 atom stereocenters. The number of hydrogen-bond acceptors (Lipinski definition) is 4. The van der Waals surface area contributed by atoms with Crippen LogP contribution in [-0.4, -0.2) is 16.8 Å². The SMILES string of the molecule is CCCC(=O)Nc1nc2ccc(NC(=O)c3cccc(Cl)c3F)cc2s1. The molecule has 0 bridgehead atoms. The molecule has 0 aliphatic carbocycles. The first-order chi connectivity index (χ1) is 12.5. The van der Waals surface area contributed by atoms with Gasteiger partial charge in [-0.2, -0.15) is 0 Å². The van der Waals surface area contributed by atoms with E-state index >= 15 is 0 Å². The number of benzene rings is 2. The second-order valence-corrected chi connectivity index (χ2v) is 6.99. The van der Waals surface area contributed by atoms with Crippen molar-refractivity contribution in [3.8, 4) is 0 Å². The highest BCUT2D eigenvalue weighted by atomic mass is 35.5. The fraction of sp³-hybridized carbons (Fsp3) is 0.167. The molecule has 0 radical (unpaired) electrons. The highest BCUT2D eigenvalue weighted by Gasteiger charge is 2.15. The normalized spacial score (nSPS) is 10.7. The van der Waals surface area contributed by atoms with Crippen molar-refractivity contribution in [2.75, 3.05) is 10.6 Å². The minimum absolute atomic E-state index is 0.0866. The van der Waals surface area contributed by atoms with Crippen LogP contribution >= 0.6 is 22.9 Å². The molecule has 0 aliphatic rings. The second kappa shape index (κ2) is 7.80. The molecule has 2 aromatic carbocycles. The minimum atomic E-state index is -0.758. The number of fused-ring (bicyclic) bond motifs is 1. The first kappa shape index (κ1) is 18.3. The molecule has 134 valence electrons. The number of nitrogens with one attached hydrogen (secondary N) is 2. The van der Waals surface area contributed by atoms with E-state index in [1.54, 1.807) is 18.2 Å². The Morgan fingerprint density at radius 2 is 2.04 bits per heavy atom. The third-order valence-electron chi connectivity index (χ3n) is 3.57. The lowest BCUT2D eigenvalue weighted by Crippen LogP contribution is -2.13. The Bertz CT molecular complexity index is 990. The highest BCUT2D eigenvalue weighted by Crippen LogP contribution is 2.29. The van der Waals surface area contributed by atoms with E-state index in [0.29, 0.717) is 22.8 Å². The topological polar surface area (TPSA) is 71.1 Å². The van der Waals surface area contributed by atoms with Crippen molar-refractivity contribution in [2.24, 2.45) is 0 Å². The van der Waals surface area contributed by atoms with Gasteiger partial charge in [0.1, 0.15) is 0 Å². The van der Waals surface area contributed by atoms with Crippen molar-refractivity contribution in [1.82, 2.24) is 4.98 Å². The molecule has 8 heteroatoms. The Kier molecular flexibility index (Phi) is 5.49. The Morgan fingerprint density at radius 1 is 1.23 bits per heavy atom. The third-order valence-corrected chi connectivity index (χ3v) is 4.79. The quantitative estimate of drug-likeness (QED) is 0.637. The van der Waals surface area contributed by atoms with Crippen LogP contribution in [-0.2, 0) is 4.79 Å². The van der Waals surface area contributed by atoms with E-state index in [9.17, 15) is 14.0 Å². The predicted octanol–water partition coefficient (Wildman–Crippen LogP) is 5.08. The second-order valence-electron chi connectivity index (χ2n) is 5.56. The standard InChI is InChI=1S/C18H15ClFN3O2S/c1-2-4-15(24)23-18-22-13-8-7-10(9-14(13)26-18)21-17(25)11-5-3-6-12(19)16(11)20/h3,5-9H,2,4H2,1H3,(H,21,25)(H,22,23,24). The van der Waals surface area contributed by atoms with Gasteiger partial charge in [0.05, 0.1) is 20.8 Å². The van der Waals surface area contributed by atoms with Gasteiger partial charge in [0, 0.05) is 12.1 Å². The van der Waals surface area contributed by atoms with Gasteiger partial charge in [0.2, 0.25) is 5.91 Å². The molecule has 0 saturated carbocycles. The molecule has 0 spiro atoms. The summed E-state index contributed by atoms with van der Waals surface area (Å²) < 4.78 is 14.7. The molecule has 0 saturated heterocycles. The van der Waals surface area contributed by atoms with Gasteiger partial charge in [-0.15, -0.1) is 0 Å². The van der Waals surface area contributed by atoms with E-state index < -0.39 is 11.7 Å². The van der Waals surface area contributed by atoms with Gasteiger partial charge in [-0.3, -0.25) is 9.59 Å². The number of carbonyl (C=O) groups excluding carboxylic acids is 2. The summed E-state index contributed by atoms with van der Waals surface area (Å²) in [5.74, 6) is -1.44. The van der Waals surface area contributed by atoms with Crippen LogP contribution in [0.1, 0.15) is 30.1 Å². The summed E-state index contributed by atoms with van der Waals surface area (Å²) in [6, 6.07) is 9.38. The van der Waals surface area contributed by atoms with Crippen molar-refractivity contribution < 1.29 is 14.0 Å². The zero-order valence-corrected chi connectivity index (χ0v) is 15.4. The van der Waals surface area contributed by atoms with Crippen LogP contribution in [0.25, 0.3) is 10.2 Å². The fourth-order valence-electron chi connectivity index (χ4n) is 2.34. The van der Waals surface area contributed by atoms with E-state index in [1.165, 1.54) is 29.5 Å². The first-order valence-electron chi connectivity index (χ1n) is 7.93. The van der Waals surface area contributed by atoms with Crippen LogP contribution < -0.4 is 10.6 Å².